The molecule has 2 N–H and O–H groups in total. The Hall–Kier alpha value is -3.15. The zero-order valence-corrected chi connectivity index (χ0v) is 32.6. The van der Waals surface area contributed by atoms with Gasteiger partial charge in [0.1, 0.15) is 37.1 Å². The van der Waals surface area contributed by atoms with Crippen LogP contribution in [0.4, 0.5) is 0 Å². The van der Waals surface area contributed by atoms with Crippen LogP contribution in [-0.4, -0.2) is 72.8 Å². The van der Waals surface area contributed by atoms with E-state index >= 15 is 0 Å². The summed E-state index contributed by atoms with van der Waals surface area (Å²) in [7, 11) is 0. The Morgan fingerprint density at radius 1 is 0.618 bits per heavy atom. The molecular weight excluding hydrogens is 696 g/mol. The molecule has 1 aliphatic heterocycles. The first-order valence-electron chi connectivity index (χ1n) is 22.1. The maximum Gasteiger partial charge on any atom is 0.305 e. The van der Waals surface area contributed by atoms with Crippen LogP contribution in [0.5, 0.6) is 0 Å². The van der Waals surface area contributed by atoms with Gasteiger partial charge in [0.2, 0.25) is 0 Å². The fourth-order valence-electron chi connectivity index (χ4n) is 6.49. The van der Waals surface area contributed by atoms with E-state index in [0.717, 1.165) is 19.3 Å². The first-order valence-corrected chi connectivity index (χ1v) is 20.4. The van der Waals surface area contributed by atoms with E-state index < -0.39 is 69.1 Å². The van der Waals surface area contributed by atoms with Crippen LogP contribution in [0.3, 0.4) is 0 Å². The lowest BCUT2D eigenvalue weighted by Gasteiger charge is -2.45. The molecule has 1 fully saturated rings. The predicted molar refractivity (Wildman–Crippen MR) is 214 cm³/mol. The molecule has 3 aromatic rings. The van der Waals surface area contributed by atoms with Gasteiger partial charge < -0.3 is 38.6 Å². The molecule has 304 valence electrons. The molecule has 55 heavy (non-hydrogen) atoms. The van der Waals surface area contributed by atoms with Crippen molar-refractivity contribution in [2.45, 2.75) is 153 Å². The van der Waals surface area contributed by atoms with E-state index in [1.165, 1.54) is 64.2 Å². The fourth-order valence-corrected chi connectivity index (χ4v) is 6.49. The molecule has 0 amide bonds. The summed E-state index contributed by atoms with van der Waals surface area (Å²) < 4.78 is 63.3. The lowest BCUT2D eigenvalue weighted by atomic mass is 9.98. The van der Waals surface area contributed by atoms with E-state index in [9.17, 15) is 15.0 Å². The number of rotatable bonds is 29. The first-order chi connectivity index (χ1) is 28.3. The largest absolute Gasteiger partial charge is 0.463 e. The summed E-state index contributed by atoms with van der Waals surface area (Å²) in [5.41, 5.74) is 1.62. The van der Waals surface area contributed by atoms with Gasteiger partial charge >= 0.3 is 5.97 Å². The van der Waals surface area contributed by atoms with Gasteiger partial charge in [-0.05, 0) is 23.1 Å². The molecule has 4 rings (SSSR count). The lowest BCUT2D eigenvalue weighted by molar-refractivity contribution is -0.329. The number of hydrogen-bond donors (Lipinski definition) is 2. The van der Waals surface area contributed by atoms with Gasteiger partial charge in [-0.15, -0.1) is 0 Å². The fraction of sp³-hybridized carbons (Fsp3) is 0.587. The minimum Gasteiger partial charge on any atom is -0.463 e. The van der Waals surface area contributed by atoms with E-state index in [-0.39, 0.29) is 19.6 Å². The minimum atomic E-state index is -1.32. The van der Waals surface area contributed by atoms with Crippen molar-refractivity contribution in [3.05, 3.63) is 108 Å². The molecule has 0 aromatic heterocycles. The van der Waals surface area contributed by atoms with Crippen LogP contribution in [-0.2, 0) is 53.0 Å². The number of aliphatic hydroxyl groups is 2. The summed E-state index contributed by atoms with van der Waals surface area (Å²) in [4.78, 5) is 12.5. The van der Waals surface area contributed by atoms with Gasteiger partial charge in [0.15, 0.2) is 6.29 Å². The van der Waals surface area contributed by atoms with Gasteiger partial charge in [-0.2, -0.15) is 0 Å². The third-order valence-electron chi connectivity index (χ3n) is 9.63. The molecule has 0 aliphatic carbocycles. The summed E-state index contributed by atoms with van der Waals surface area (Å²) in [6, 6.07) is 26.6. The Bertz CT molecular complexity index is 1490. The van der Waals surface area contributed by atoms with Crippen LogP contribution in [0.25, 0.3) is 0 Å². The van der Waals surface area contributed by atoms with Gasteiger partial charge in [0.25, 0.3) is 0 Å². The standard InChI is InChI=1S/C46H66O9/c1-2-3-4-5-6-7-8-9-10-11-12-13-23-30-42(49)50-35-40(48)36-54-46-45(53-34-39-28-21-16-22-29-39)44(52-33-38-26-19-15-20-27-38)43(41(31-47)55-46)51-32-37-24-17-14-18-25-37/h14-22,24-29,40-41,43-48H,2-13,23,30-36H2,1H3/t40-,41-,43-,44+,45-,46?/m1/s1/i32D,33D,34D/t32?,33?,34?,40-,41-,43-,44+,45-,46?. The molecule has 1 aliphatic rings. The lowest BCUT2D eigenvalue weighted by Crippen LogP contribution is -2.61. The second-order valence-corrected chi connectivity index (χ2v) is 14.3. The summed E-state index contributed by atoms with van der Waals surface area (Å²) in [5, 5.41) is 21.4. The number of carbonyl (C=O) groups is 1. The third kappa shape index (κ3) is 17.7. The van der Waals surface area contributed by atoms with Crippen molar-refractivity contribution in [1.29, 1.82) is 0 Å². The highest BCUT2D eigenvalue weighted by molar-refractivity contribution is 5.69. The second kappa shape index (κ2) is 27.4. The summed E-state index contributed by atoms with van der Waals surface area (Å²) in [5.74, 6) is -0.392. The minimum absolute atomic E-state index is 0.269. The number of aliphatic hydroxyl groups excluding tert-OH is 2. The molecule has 0 saturated carbocycles. The molecule has 0 bridgehead atoms. The smallest absolute Gasteiger partial charge is 0.305 e. The Balaban J connectivity index is 1.35. The summed E-state index contributed by atoms with van der Waals surface area (Å²) >= 11 is 0. The van der Waals surface area contributed by atoms with Crippen molar-refractivity contribution in [3.8, 4) is 0 Å². The SMILES string of the molecule is [2H]C(O[C@H]1[C@H](OC([2H])c2ccccc2)[C@@H](OC([2H])c2ccccc2)C(OC[C@H](O)COC(=O)CCCCCCCCCCCCCCC)O[C@@H]1CO)c1ccccc1. The zero-order valence-electron chi connectivity index (χ0n) is 35.6. The van der Waals surface area contributed by atoms with Crippen molar-refractivity contribution in [1.82, 2.24) is 0 Å². The molecule has 9 atom stereocenters. The van der Waals surface area contributed by atoms with E-state index in [2.05, 4.69) is 6.92 Å². The monoisotopic (exact) mass is 765 g/mol. The Labute approximate surface area is 333 Å². The average molecular weight is 766 g/mol. The van der Waals surface area contributed by atoms with E-state index in [0.29, 0.717) is 16.7 Å². The molecular formula is C46H66O9. The number of ether oxygens (including phenoxy) is 6. The highest BCUT2D eigenvalue weighted by atomic mass is 16.7. The summed E-state index contributed by atoms with van der Waals surface area (Å²) in [6.07, 6.45) is 8.78. The number of carbonyl (C=O) groups excluding carboxylic acids is 1. The van der Waals surface area contributed by atoms with Crippen LogP contribution < -0.4 is 0 Å². The molecule has 9 heteroatoms. The first kappa shape index (κ1) is 40.1. The maximum atomic E-state index is 12.5. The molecule has 1 heterocycles. The Kier molecular flexibility index (Phi) is 20.0. The van der Waals surface area contributed by atoms with E-state index in [1.807, 2.05) is 18.2 Å². The quantitative estimate of drug-likeness (QED) is 0.0529. The molecule has 1 saturated heterocycles. The van der Waals surface area contributed by atoms with Gasteiger partial charge in [-0.3, -0.25) is 4.79 Å². The van der Waals surface area contributed by atoms with Crippen molar-refractivity contribution in [2.24, 2.45) is 0 Å². The summed E-state index contributed by atoms with van der Waals surface area (Å²) in [6.45, 7) is -2.67. The molecule has 3 aromatic carbocycles. The Morgan fingerprint density at radius 2 is 1.05 bits per heavy atom. The van der Waals surface area contributed by atoms with Crippen molar-refractivity contribution < 1.29 is 47.5 Å². The maximum absolute atomic E-state index is 12.5. The number of esters is 1. The van der Waals surface area contributed by atoms with Crippen molar-refractivity contribution >= 4 is 5.97 Å². The topological polar surface area (TPSA) is 113 Å². The molecule has 0 spiro atoms. The number of unbranched alkanes of at least 4 members (excludes halogenated alkanes) is 12. The van der Waals surface area contributed by atoms with E-state index in [4.69, 9.17) is 32.5 Å². The molecule has 9 nitrogen and oxygen atoms in total. The van der Waals surface area contributed by atoms with Crippen LogP contribution in [0.1, 0.15) is 118 Å². The van der Waals surface area contributed by atoms with Gasteiger partial charge in [-0.25, -0.2) is 0 Å². The van der Waals surface area contributed by atoms with Crippen LogP contribution >= 0.6 is 0 Å². The molecule has 0 radical (unpaired) electrons. The van der Waals surface area contributed by atoms with Crippen molar-refractivity contribution in [2.75, 3.05) is 19.8 Å². The number of benzene rings is 3. The van der Waals surface area contributed by atoms with Crippen LogP contribution in [0.15, 0.2) is 91.0 Å². The normalized spacial score (nSPS) is 22.8. The highest BCUT2D eigenvalue weighted by Crippen LogP contribution is 2.31. The van der Waals surface area contributed by atoms with E-state index in [1.54, 1.807) is 72.8 Å². The predicted octanol–water partition coefficient (Wildman–Crippen LogP) is 8.86. The van der Waals surface area contributed by atoms with Crippen LogP contribution in [0, 0.1) is 0 Å². The molecule has 4 unspecified atom stereocenters. The Morgan fingerprint density at radius 3 is 1.53 bits per heavy atom. The third-order valence-corrected chi connectivity index (χ3v) is 9.63. The highest BCUT2D eigenvalue weighted by Gasteiger charge is 2.49. The van der Waals surface area contributed by atoms with Gasteiger partial charge in [-0.1, -0.05) is 175 Å². The average Bonchev–Trinajstić information content (AvgIpc) is 3.25. The second-order valence-electron chi connectivity index (χ2n) is 14.3. The zero-order chi connectivity index (χ0) is 41.4. The number of hydrogen-bond acceptors (Lipinski definition) is 9. The van der Waals surface area contributed by atoms with Gasteiger partial charge in [0.05, 0.1) is 37.1 Å². The van der Waals surface area contributed by atoms with Gasteiger partial charge in [0, 0.05) is 6.42 Å². The van der Waals surface area contributed by atoms with Crippen molar-refractivity contribution in [3.63, 3.8) is 0 Å². The van der Waals surface area contributed by atoms with Crippen LogP contribution in [0.2, 0.25) is 0 Å².